The molecule has 0 fully saturated rings. The van der Waals surface area contributed by atoms with Gasteiger partial charge in [0.05, 0.1) is 0 Å². The number of hydrogen-bond acceptors (Lipinski definition) is 1. The second-order valence-electron chi connectivity index (χ2n) is 0.553. The van der Waals surface area contributed by atoms with Gasteiger partial charge in [0.1, 0.15) is 0 Å². The summed E-state index contributed by atoms with van der Waals surface area (Å²) in [7, 11) is -3.67. The molecule has 0 aromatic rings. The fourth-order valence-electron chi connectivity index (χ4n) is 0. The summed E-state index contributed by atoms with van der Waals surface area (Å²) in [5.74, 6) is 0. The predicted octanol–water partition coefficient (Wildman–Crippen LogP) is 1.09. The third-order valence-electron chi connectivity index (χ3n) is 0. The van der Waals surface area contributed by atoms with Crippen molar-refractivity contribution in [2.45, 2.75) is 0 Å². The molecule has 0 unspecified atom stereocenters. The van der Waals surface area contributed by atoms with E-state index in [4.69, 9.17) is 9.90 Å². The Bertz CT molecular complexity index is 61.5. The summed E-state index contributed by atoms with van der Waals surface area (Å²) in [6.07, 6.45) is 0. The van der Waals surface area contributed by atoms with Gasteiger partial charge in [-0.3, -0.25) is 12.9 Å². The molecule has 0 saturated carbocycles. The van der Waals surface area contributed by atoms with Crippen LogP contribution in [-0.2, 0) is 0 Å². The van der Waals surface area contributed by atoms with Crippen molar-refractivity contribution in [1.82, 2.24) is 0 Å². The number of hydrogen-bond donors (Lipinski definition) is 1. The van der Waals surface area contributed by atoms with Gasteiger partial charge in [0.15, 0.2) is 0 Å². The van der Waals surface area contributed by atoms with Crippen LogP contribution in [0.5, 0.6) is 0 Å². The van der Waals surface area contributed by atoms with Crippen LogP contribution in [-0.4, -0.2) is 14.1 Å². The molecule has 8 heavy (non-hydrogen) atoms. The fourth-order valence-corrected chi connectivity index (χ4v) is 0. The minimum atomic E-state index is -3.67. The second-order valence-corrected chi connectivity index (χ2v) is 1.90. The molecule has 0 aromatic heterocycles. The van der Waals surface area contributed by atoms with Crippen molar-refractivity contribution in [2.24, 2.45) is 0 Å². The van der Waals surface area contributed by atoms with Crippen LogP contribution in [0.15, 0.2) is 0 Å². The van der Waals surface area contributed by atoms with E-state index in [0.717, 1.165) is 0 Å². The third kappa shape index (κ3) is 443. The Labute approximate surface area is 71.0 Å². The summed E-state index contributed by atoms with van der Waals surface area (Å²) < 4.78 is 28.3. The standard InChI is InChI=1S/CHO2.BF3.Ce/c2-1-3;2-1(3)4;/h(H,2,3);;. The topological polar surface area (TPSA) is 37.3 Å². The first-order chi connectivity index (χ1) is 3.46. The molecule has 0 aliphatic rings. The predicted molar refractivity (Wildman–Crippen MR) is 17.1 cm³/mol. The Morgan fingerprint density at radius 1 is 1.50 bits per heavy atom. The van der Waals surface area contributed by atoms with Gasteiger partial charge in [-0.25, -0.2) is 0 Å². The van der Waals surface area contributed by atoms with Crippen molar-refractivity contribution in [3.63, 3.8) is 0 Å². The van der Waals surface area contributed by atoms with Crippen molar-refractivity contribution < 1.29 is 62.5 Å². The van der Waals surface area contributed by atoms with Crippen LogP contribution < -0.4 is 0 Å². The molecule has 0 spiro atoms. The summed E-state index contributed by atoms with van der Waals surface area (Å²) in [5, 5.41) is 7.48. The van der Waals surface area contributed by atoms with Gasteiger partial charge in [-0.05, 0) is 0 Å². The molecule has 2 nitrogen and oxygen atoms in total. The van der Waals surface area contributed by atoms with E-state index in [1.54, 1.807) is 0 Å². The molecule has 0 heterocycles. The Morgan fingerprint density at radius 3 is 1.50 bits per heavy atom. The van der Waals surface area contributed by atoms with Crippen molar-refractivity contribution >= 4 is 9.03 Å². The third-order valence-corrected chi connectivity index (χ3v) is 0. The van der Waals surface area contributed by atoms with E-state index >= 15 is 0 Å². The molecule has 0 radical (unpaired) electrons. The van der Waals surface area contributed by atoms with Crippen LogP contribution in [0.3, 0.4) is 0 Å². The Balaban J connectivity index is 0. The van der Waals surface area contributed by atoms with Crippen molar-refractivity contribution in [1.29, 1.82) is 0 Å². The van der Waals surface area contributed by atoms with Crippen LogP contribution in [0, 0.1) is 39.6 Å². The molecule has 0 aliphatic carbocycles. The van der Waals surface area contributed by atoms with Gasteiger partial charge >= 0.3 is 58.6 Å². The zero-order valence-electron chi connectivity index (χ0n) is 3.57. The van der Waals surface area contributed by atoms with E-state index in [-0.39, 0.29) is 39.6 Å². The van der Waals surface area contributed by atoms with Crippen molar-refractivity contribution in [3.05, 3.63) is 0 Å². The molecule has 0 amide bonds. The molecule has 0 rings (SSSR count). The van der Waals surface area contributed by atoms with E-state index < -0.39 is 9.03 Å². The molecule has 0 aliphatic heterocycles. The van der Waals surface area contributed by atoms with Crippen LogP contribution in [0.2, 0.25) is 0 Å². The zero-order valence-corrected chi connectivity index (χ0v) is 6.71. The minimum absolute atomic E-state index is 0.265. The molecule has 0 aromatic carbocycles. The van der Waals surface area contributed by atoms with Crippen molar-refractivity contribution in [3.8, 4) is 0 Å². The molecule has 0 atom stereocenters. The molecule has 0 bridgehead atoms. The monoisotopic (exact) mass is 253 g/mol. The normalized spacial score (nSPS) is 6.25. The summed E-state index contributed by atoms with van der Waals surface area (Å²) in [5.41, 5.74) is 0. The average Bonchev–Trinajstić information content (AvgIpc) is 1.25. The van der Waals surface area contributed by atoms with Crippen LogP contribution in [0.4, 0.5) is 17.7 Å². The maximum atomic E-state index is 9.67. The Hall–Kier alpha value is 0.702. The maximum absolute atomic E-state index is 9.67. The van der Waals surface area contributed by atoms with Crippen LogP contribution in [0.1, 0.15) is 0 Å². The van der Waals surface area contributed by atoms with Crippen LogP contribution in [0.25, 0.3) is 0 Å². The van der Waals surface area contributed by atoms with E-state index in [1.165, 1.54) is 0 Å². The van der Waals surface area contributed by atoms with Crippen LogP contribution >= 0.6 is 0 Å². The number of rotatable bonds is 0. The molecule has 1 N–H and O–H groups in total. The van der Waals surface area contributed by atoms with Gasteiger partial charge in [0, 0.05) is 0 Å². The van der Waals surface area contributed by atoms with E-state index in [2.05, 4.69) is 0 Å². The zero-order chi connectivity index (χ0) is 7.15. The molecular weight excluding hydrogens is 252 g/mol. The number of carbonyl (C=O) groups is 1. The number of halogens is 3. The van der Waals surface area contributed by atoms with Gasteiger partial charge in [-0.2, -0.15) is 0 Å². The summed E-state index contributed by atoms with van der Waals surface area (Å²) in [4.78, 5) is 9.06. The van der Waals surface area contributed by atoms with Gasteiger partial charge in [0.25, 0.3) is 0 Å². The van der Waals surface area contributed by atoms with Gasteiger partial charge in [-0.1, -0.05) is 0 Å². The first-order valence-corrected chi connectivity index (χ1v) is 2.90. The molecular formula is CHBCeF3O2. The molecule has 7 heteroatoms. The number of carboxylic acid groups (broad SMARTS) is 1. The summed E-state index contributed by atoms with van der Waals surface area (Å²) in [6, 6.07) is 0. The molecule has 0 saturated heterocycles. The van der Waals surface area contributed by atoms with Gasteiger partial charge < -0.3 is 0 Å². The second kappa shape index (κ2) is 7.70. The molecule has 45 valence electrons. The Morgan fingerprint density at radius 2 is 1.50 bits per heavy atom. The Kier molecular flexibility index (Phi) is 11.1. The van der Waals surface area contributed by atoms with Crippen molar-refractivity contribution in [2.75, 3.05) is 0 Å². The fraction of sp³-hybridized carbons (Fsp3) is 0. The summed E-state index contributed by atoms with van der Waals surface area (Å²) >= 11 is 0.265. The van der Waals surface area contributed by atoms with E-state index in [1.807, 2.05) is 0 Å². The van der Waals surface area contributed by atoms with E-state index in [0.29, 0.717) is 0 Å². The quantitative estimate of drug-likeness (QED) is 0.656. The SMILES string of the molecule is FB(F)F.O=[C](O)[Ce]. The average molecular weight is 253 g/mol. The van der Waals surface area contributed by atoms with Gasteiger partial charge in [-0.15, -0.1) is 0 Å². The van der Waals surface area contributed by atoms with Gasteiger partial charge in [0.2, 0.25) is 0 Å². The first-order valence-electron chi connectivity index (χ1n) is 1.33. The first kappa shape index (κ1) is 11.5. The van der Waals surface area contributed by atoms with E-state index in [9.17, 15) is 12.9 Å². The summed E-state index contributed by atoms with van der Waals surface area (Å²) in [6.45, 7) is 0.